The van der Waals surface area contributed by atoms with Crippen molar-refractivity contribution < 1.29 is 148 Å². The van der Waals surface area contributed by atoms with Crippen molar-refractivity contribution in [3.63, 3.8) is 0 Å². The molecule has 6 saturated heterocycles. The Morgan fingerprint density at radius 1 is 0.511 bits per heavy atom. The van der Waals surface area contributed by atoms with Crippen molar-refractivity contribution in [2.75, 3.05) is 33.0 Å². The topological polar surface area (TPSA) is 472 Å². The molecule has 0 amide bonds. The van der Waals surface area contributed by atoms with E-state index in [9.17, 15) is 86.8 Å². The van der Waals surface area contributed by atoms with Crippen LogP contribution < -0.4 is 0 Å². The van der Waals surface area contributed by atoms with E-state index in [0.29, 0.717) is 57.8 Å². The average Bonchev–Trinajstić information content (AvgIpc) is 0.676. The molecule has 5 aliphatic carbocycles. The van der Waals surface area contributed by atoms with Gasteiger partial charge in [-0.15, -0.1) is 0 Å². The Morgan fingerprint density at radius 2 is 1.09 bits per heavy atom. The van der Waals surface area contributed by atoms with E-state index in [1.54, 1.807) is 0 Å². The zero-order valence-corrected chi connectivity index (χ0v) is 54.6. The third kappa shape index (κ3) is 12.5. The minimum absolute atomic E-state index is 0.0747. The van der Waals surface area contributed by atoms with E-state index in [0.717, 1.165) is 12.0 Å². The number of ether oxygens (including phenoxy) is 12. The number of hydrogen-bond acceptors (Lipinski definition) is 30. The SMILES string of the molecule is C[C@@H]1O[C@@H](O[C@H]2[C@H](O)[C@@H](O)[C@H](OC[C@H]3O[C@@H](OC(=O)[C@]45CCC(C)(C)C[C@H]4C4=CCC6[C@@]7(C)CC[C@H](O[C@@H]8OC[C@H](O)[C@H](O)[C@H]8O[C@@H]8O[C@@H](C)[C@H](O)[C@@H](O[C@@H]9OC[C@@H](O)[C@@H](O)[C@H]9O)[C@H]8O)[C@@](C)(CO)C7CC[C@@]6(C)[C@]4(C)CC5)[C@H](O)[C@@H](O)[C@@H]3O)O[C@@H]2CO)[C@H](O)[C@H](O)[C@H]1O. The van der Waals surface area contributed by atoms with Gasteiger partial charge >= 0.3 is 5.97 Å². The third-order valence-electron chi connectivity index (χ3n) is 24.9. The lowest BCUT2D eigenvalue weighted by Crippen LogP contribution is -2.67. The molecular weight excluding hydrogens is 1250 g/mol. The molecule has 0 spiro atoms. The van der Waals surface area contributed by atoms with E-state index in [2.05, 4.69) is 40.7 Å². The van der Waals surface area contributed by atoms with E-state index in [-0.39, 0.29) is 47.2 Å². The normalized spacial score (nSPS) is 55.3. The number of aliphatic hydroxyl groups excluding tert-OH is 17. The van der Waals surface area contributed by atoms with Crippen molar-refractivity contribution >= 4 is 5.97 Å². The number of hydrogen-bond donors (Lipinski definition) is 17. The first-order chi connectivity index (χ1) is 44.1. The van der Waals surface area contributed by atoms with Gasteiger partial charge in [0.25, 0.3) is 0 Å². The first-order valence-electron chi connectivity index (χ1n) is 33.5. The highest BCUT2D eigenvalue weighted by atomic mass is 16.8. The zero-order chi connectivity index (χ0) is 68.4. The van der Waals surface area contributed by atoms with Crippen LogP contribution in [0.2, 0.25) is 0 Å². The van der Waals surface area contributed by atoms with Gasteiger partial charge in [-0.2, -0.15) is 0 Å². The van der Waals surface area contributed by atoms with Crippen LogP contribution >= 0.6 is 0 Å². The summed E-state index contributed by atoms with van der Waals surface area (Å²) in [6.07, 6.45) is -37.4. The molecule has 4 saturated carbocycles. The summed E-state index contributed by atoms with van der Waals surface area (Å²) in [5.41, 5.74) is -2.22. The van der Waals surface area contributed by atoms with Crippen molar-refractivity contribution in [3.05, 3.63) is 11.6 Å². The Morgan fingerprint density at radius 3 is 1.77 bits per heavy atom. The molecule has 37 atom stereocenters. The van der Waals surface area contributed by atoms with E-state index >= 15 is 4.79 Å². The fraction of sp³-hybridized carbons (Fsp3) is 0.953. The predicted molar refractivity (Wildman–Crippen MR) is 315 cm³/mol. The smallest absolute Gasteiger partial charge is 0.315 e. The monoisotopic (exact) mass is 1350 g/mol. The van der Waals surface area contributed by atoms with Gasteiger partial charge in [-0.25, -0.2) is 0 Å². The molecule has 30 heteroatoms. The lowest BCUT2D eigenvalue weighted by atomic mass is 9.33. The van der Waals surface area contributed by atoms with Crippen molar-refractivity contribution in [3.8, 4) is 0 Å². The van der Waals surface area contributed by atoms with Crippen LogP contribution in [0.25, 0.3) is 0 Å². The second-order valence-corrected chi connectivity index (χ2v) is 30.8. The van der Waals surface area contributed by atoms with Crippen LogP contribution in [-0.2, 0) is 61.6 Å². The highest BCUT2D eigenvalue weighted by Gasteiger charge is 2.71. The fourth-order valence-electron chi connectivity index (χ4n) is 18.7. The van der Waals surface area contributed by atoms with Gasteiger partial charge in [0.1, 0.15) is 122 Å². The maximum absolute atomic E-state index is 15.3. The maximum Gasteiger partial charge on any atom is 0.315 e. The largest absolute Gasteiger partial charge is 0.432 e. The third-order valence-corrected chi connectivity index (χ3v) is 24.9. The molecule has 30 nitrogen and oxygen atoms in total. The van der Waals surface area contributed by atoms with Crippen molar-refractivity contribution in [2.45, 2.75) is 298 Å². The van der Waals surface area contributed by atoms with Crippen LogP contribution in [0, 0.1) is 50.2 Å². The van der Waals surface area contributed by atoms with Crippen molar-refractivity contribution in [1.82, 2.24) is 0 Å². The molecule has 10 fully saturated rings. The van der Waals surface area contributed by atoms with Gasteiger partial charge in [0.15, 0.2) is 31.5 Å². The summed E-state index contributed by atoms with van der Waals surface area (Å²) in [5.74, 6) is -1.01. The quantitative estimate of drug-likeness (QED) is 0.0421. The zero-order valence-electron chi connectivity index (χ0n) is 54.6. The van der Waals surface area contributed by atoms with Crippen LogP contribution in [-0.4, -0.2) is 304 Å². The molecule has 540 valence electrons. The Bertz CT molecular complexity index is 2640. The first kappa shape index (κ1) is 73.3. The molecule has 11 aliphatic rings. The van der Waals surface area contributed by atoms with Crippen LogP contribution in [0.1, 0.15) is 120 Å². The van der Waals surface area contributed by atoms with Gasteiger partial charge in [-0.05, 0) is 117 Å². The van der Waals surface area contributed by atoms with E-state index in [1.165, 1.54) is 13.8 Å². The number of carbonyl (C=O) groups is 1. The lowest BCUT2D eigenvalue weighted by Gasteiger charge is -2.71. The highest BCUT2D eigenvalue weighted by molar-refractivity contribution is 5.79. The summed E-state index contributed by atoms with van der Waals surface area (Å²) in [6, 6.07) is 0. The molecule has 11 rings (SSSR count). The first-order valence-corrected chi connectivity index (χ1v) is 33.5. The van der Waals surface area contributed by atoms with Crippen LogP contribution in [0.4, 0.5) is 0 Å². The Labute approximate surface area is 545 Å². The molecule has 0 radical (unpaired) electrons. The van der Waals surface area contributed by atoms with E-state index in [1.807, 2.05) is 6.92 Å². The van der Waals surface area contributed by atoms with Gasteiger partial charge in [0.05, 0.1) is 56.8 Å². The molecule has 17 N–H and O–H groups in total. The molecule has 2 unspecified atom stereocenters. The van der Waals surface area contributed by atoms with Crippen molar-refractivity contribution in [1.29, 1.82) is 0 Å². The number of aliphatic hydroxyl groups is 17. The number of fused-ring (bicyclic) bond motifs is 7. The van der Waals surface area contributed by atoms with E-state index in [4.69, 9.17) is 56.8 Å². The Kier molecular flexibility index (Phi) is 21.4. The summed E-state index contributed by atoms with van der Waals surface area (Å²) < 4.78 is 71.3. The Balaban J connectivity index is 0.771. The molecule has 6 aliphatic heterocycles. The fourth-order valence-corrected chi connectivity index (χ4v) is 18.7. The molecule has 0 bridgehead atoms. The van der Waals surface area contributed by atoms with Crippen LogP contribution in [0.5, 0.6) is 0 Å². The van der Waals surface area contributed by atoms with E-state index < -0.39 is 220 Å². The van der Waals surface area contributed by atoms with Crippen LogP contribution in [0.15, 0.2) is 11.6 Å². The highest BCUT2D eigenvalue weighted by Crippen LogP contribution is 2.76. The summed E-state index contributed by atoms with van der Waals surface area (Å²) in [5, 5.41) is 185. The molecule has 0 aromatic heterocycles. The number of carbonyl (C=O) groups excluding carboxylic acids is 1. The minimum Gasteiger partial charge on any atom is -0.432 e. The summed E-state index contributed by atoms with van der Waals surface area (Å²) in [4.78, 5) is 15.3. The summed E-state index contributed by atoms with van der Waals surface area (Å²) in [6.45, 7) is 13.7. The number of rotatable bonds is 15. The molecule has 94 heavy (non-hydrogen) atoms. The average molecular weight is 1350 g/mol. The molecule has 0 aromatic carbocycles. The van der Waals surface area contributed by atoms with Crippen LogP contribution in [0.3, 0.4) is 0 Å². The van der Waals surface area contributed by atoms with Gasteiger partial charge in [-0.3, -0.25) is 4.79 Å². The van der Waals surface area contributed by atoms with Gasteiger partial charge in [-0.1, -0.05) is 53.2 Å². The van der Waals surface area contributed by atoms with Gasteiger partial charge in [0, 0.05) is 5.41 Å². The molecule has 0 aromatic rings. The summed E-state index contributed by atoms with van der Waals surface area (Å²) >= 11 is 0. The number of allylic oxidation sites excluding steroid dienone is 2. The predicted octanol–water partition coefficient (Wildman–Crippen LogP) is -4.08. The molecule has 6 heterocycles. The number of esters is 1. The summed E-state index contributed by atoms with van der Waals surface area (Å²) in [7, 11) is 0. The van der Waals surface area contributed by atoms with Gasteiger partial charge < -0.3 is 144 Å². The Hall–Kier alpha value is -1.91. The second kappa shape index (κ2) is 27.5. The van der Waals surface area contributed by atoms with Crippen molar-refractivity contribution in [2.24, 2.45) is 50.2 Å². The molecular formula is C64H104O30. The second-order valence-electron chi connectivity index (χ2n) is 30.8. The standard InChI is InChI=1S/C64H104O30/c1-25-36(69)41(74)45(78)54(86-25)91-49-31(20-65)88-52(47(80)43(49)76)85-23-32-40(73)42(75)46(79)55(89-32)94-58(82)64-17-15-59(3,4)19-28(64)27-9-10-34-60(5)13-12-35(61(6,24-66)33(60)11-14-63(34,8)62(27,7)16-18-64)90-57-51(39(72)30(68)22-84-57)93-56-48(81)50(37(70)26(2)87-56)92-53-44(77)38(71)29(67)21-83-53/h9,25-26,28-57,65-81H,10-24H2,1-8H3/t25-,26-,28-,29+,30-,31+,32+,33?,34?,35-,36-,37-,38+,39-,40+,41+,42-,43+,44+,45+,46+,47+,48+,49+,50+,51+,52+,53-,54-,55-,56-,57-,60-,61-,62+,63+,64-/m0/s1. The van der Waals surface area contributed by atoms with Gasteiger partial charge in [0.2, 0.25) is 6.29 Å². The minimum atomic E-state index is -1.92. The lowest BCUT2D eigenvalue weighted by molar-refractivity contribution is -0.379. The maximum atomic E-state index is 15.3.